The predicted molar refractivity (Wildman–Crippen MR) is 63.8 cm³/mol. The van der Waals surface area contributed by atoms with Gasteiger partial charge in [-0.2, -0.15) is 0 Å². The van der Waals surface area contributed by atoms with Gasteiger partial charge in [-0.05, 0) is 12.8 Å². The van der Waals surface area contributed by atoms with Gasteiger partial charge in [0.15, 0.2) is 0 Å². The fourth-order valence-corrected chi connectivity index (χ4v) is 3.20. The van der Waals surface area contributed by atoms with Crippen molar-refractivity contribution in [3.63, 3.8) is 0 Å². The summed E-state index contributed by atoms with van der Waals surface area (Å²) in [7, 11) is 0. The summed E-state index contributed by atoms with van der Waals surface area (Å²) < 4.78 is 5.67. The van der Waals surface area contributed by atoms with Crippen molar-refractivity contribution in [3.8, 4) is 0 Å². The molecule has 1 aliphatic heterocycles. The predicted octanol–water partition coefficient (Wildman–Crippen LogP) is 0.378. The van der Waals surface area contributed by atoms with Gasteiger partial charge in [-0.25, -0.2) is 0 Å². The Bertz CT molecular complexity index is 409. The number of hydrogen-bond donors (Lipinski definition) is 2. The molecule has 0 aromatic carbocycles. The van der Waals surface area contributed by atoms with Gasteiger partial charge in [-0.3, -0.25) is 9.78 Å². The second kappa shape index (κ2) is 4.36. The standard InChI is InChI=1S/C11H15N3O2S/c12-8-6-2-1-3-16-10(6)9(8)14-11(15)7-4-13-5-17-7/h4-6,8-10H,1-3,12H2,(H,14,15). The molecule has 6 heteroatoms. The van der Waals surface area contributed by atoms with E-state index in [-0.39, 0.29) is 24.1 Å². The van der Waals surface area contributed by atoms with Crippen LogP contribution in [0, 0.1) is 5.92 Å². The second-order valence-electron chi connectivity index (χ2n) is 4.58. The van der Waals surface area contributed by atoms with Crippen molar-refractivity contribution in [1.29, 1.82) is 0 Å². The Morgan fingerprint density at radius 2 is 2.53 bits per heavy atom. The highest BCUT2D eigenvalue weighted by Gasteiger charge is 2.51. The van der Waals surface area contributed by atoms with Gasteiger partial charge in [0.05, 0.1) is 23.9 Å². The maximum absolute atomic E-state index is 11.9. The van der Waals surface area contributed by atoms with E-state index in [1.165, 1.54) is 11.3 Å². The van der Waals surface area contributed by atoms with Gasteiger partial charge >= 0.3 is 0 Å². The number of rotatable bonds is 2. The van der Waals surface area contributed by atoms with Gasteiger partial charge in [-0.15, -0.1) is 11.3 Å². The average molecular weight is 253 g/mol. The van der Waals surface area contributed by atoms with Crippen LogP contribution in [0.1, 0.15) is 22.5 Å². The number of aromatic nitrogens is 1. The third kappa shape index (κ3) is 1.86. The number of nitrogens with two attached hydrogens (primary N) is 1. The molecular weight excluding hydrogens is 238 g/mol. The molecule has 1 aromatic rings. The van der Waals surface area contributed by atoms with Crippen LogP contribution in [0.25, 0.3) is 0 Å². The second-order valence-corrected chi connectivity index (χ2v) is 5.47. The zero-order valence-electron chi connectivity index (χ0n) is 9.33. The smallest absolute Gasteiger partial charge is 0.263 e. The summed E-state index contributed by atoms with van der Waals surface area (Å²) >= 11 is 1.33. The van der Waals surface area contributed by atoms with Crippen LogP contribution in [-0.2, 0) is 4.74 Å². The van der Waals surface area contributed by atoms with Gasteiger partial charge < -0.3 is 15.8 Å². The minimum atomic E-state index is -0.0967. The number of fused-ring (bicyclic) bond motifs is 1. The molecule has 0 radical (unpaired) electrons. The minimum Gasteiger partial charge on any atom is -0.376 e. The van der Waals surface area contributed by atoms with Crippen molar-refractivity contribution in [1.82, 2.24) is 10.3 Å². The number of nitrogens with zero attached hydrogens (tertiary/aromatic N) is 1. The highest BCUT2D eigenvalue weighted by atomic mass is 32.1. The summed E-state index contributed by atoms with van der Waals surface area (Å²) in [4.78, 5) is 16.4. The molecule has 3 N–H and O–H groups in total. The number of carbonyl (C=O) groups is 1. The van der Waals surface area contributed by atoms with Crippen LogP contribution in [0.2, 0.25) is 0 Å². The maximum atomic E-state index is 11.9. The van der Waals surface area contributed by atoms with Crippen molar-refractivity contribution in [3.05, 3.63) is 16.6 Å². The molecule has 0 spiro atoms. The molecule has 5 nitrogen and oxygen atoms in total. The summed E-state index contributed by atoms with van der Waals surface area (Å²) in [5.74, 6) is 0.316. The lowest BCUT2D eigenvalue weighted by Crippen LogP contribution is -2.72. The highest BCUT2D eigenvalue weighted by molar-refractivity contribution is 7.11. The van der Waals surface area contributed by atoms with Crippen LogP contribution in [0.3, 0.4) is 0 Å². The lowest BCUT2D eigenvalue weighted by atomic mass is 9.68. The van der Waals surface area contributed by atoms with E-state index in [1.54, 1.807) is 11.7 Å². The van der Waals surface area contributed by atoms with Gasteiger partial charge in [0.25, 0.3) is 5.91 Å². The molecular formula is C11H15N3O2S. The highest BCUT2D eigenvalue weighted by Crippen LogP contribution is 2.37. The minimum absolute atomic E-state index is 0.0252. The first-order valence-electron chi connectivity index (χ1n) is 5.84. The van der Waals surface area contributed by atoms with Crippen LogP contribution < -0.4 is 11.1 Å². The van der Waals surface area contributed by atoms with Gasteiger partial charge in [0.2, 0.25) is 0 Å². The molecule has 4 atom stereocenters. The molecule has 1 saturated carbocycles. The van der Waals surface area contributed by atoms with Crippen LogP contribution in [0.5, 0.6) is 0 Å². The topological polar surface area (TPSA) is 77.2 Å². The molecule has 4 unspecified atom stereocenters. The van der Waals surface area contributed by atoms with E-state index in [4.69, 9.17) is 10.5 Å². The summed E-state index contributed by atoms with van der Waals surface area (Å²) in [5.41, 5.74) is 7.72. The van der Waals surface area contributed by atoms with E-state index < -0.39 is 0 Å². The number of carbonyl (C=O) groups excluding carboxylic acids is 1. The molecule has 1 aromatic heterocycles. The fraction of sp³-hybridized carbons (Fsp3) is 0.636. The quantitative estimate of drug-likeness (QED) is 0.798. The normalized spacial score (nSPS) is 35.8. The fourth-order valence-electron chi connectivity index (χ4n) is 2.68. The van der Waals surface area contributed by atoms with Crippen molar-refractivity contribution < 1.29 is 9.53 Å². The van der Waals surface area contributed by atoms with E-state index in [1.807, 2.05) is 0 Å². The first-order valence-corrected chi connectivity index (χ1v) is 6.72. The summed E-state index contributed by atoms with van der Waals surface area (Å²) in [5, 5.41) is 2.95. The van der Waals surface area contributed by atoms with Crippen molar-refractivity contribution >= 4 is 17.2 Å². The third-order valence-electron chi connectivity index (χ3n) is 3.63. The Morgan fingerprint density at radius 1 is 1.65 bits per heavy atom. The zero-order valence-corrected chi connectivity index (χ0v) is 10.2. The molecule has 1 saturated heterocycles. The van der Waals surface area contributed by atoms with Gasteiger partial charge in [0.1, 0.15) is 4.88 Å². The first kappa shape index (κ1) is 11.1. The monoisotopic (exact) mass is 253 g/mol. The number of nitrogens with one attached hydrogen (secondary N) is 1. The molecule has 2 fully saturated rings. The number of thiazole rings is 1. The van der Waals surface area contributed by atoms with E-state index >= 15 is 0 Å². The zero-order chi connectivity index (χ0) is 11.8. The van der Waals surface area contributed by atoms with E-state index in [2.05, 4.69) is 10.3 Å². The largest absolute Gasteiger partial charge is 0.376 e. The van der Waals surface area contributed by atoms with Crippen molar-refractivity contribution in [2.45, 2.75) is 31.0 Å². The van der Waals surface area contributed by atoms with E-state index in [9.17, 15) is 4.79 Å². The van der Waals surface area contributed by atoms with Gasteiger partial charge in [-0.1, -0.05) is 0 Å². The summed E-state index contributed by atoms with van der Waals surface area (Å²) in [6.07, 6.45) is 3.86. The lowest BCUT2D eigenvalue weighted by molar-refractivity contribution is -0.117. The Kier molecular flexibility index (Phi) is 2.85. The Hall–Kier alpha value is -0.980. The molecule has 92 valence electrons. The third-order valence-corrected chi connectivity index (χ3v) is 4.40. The average Bonchev–Trinajstić information content (AvgIpc) is 2.89. The Balaban J connectivity index is 1.64. The molecule has 2 aliphatic rings. The Labute approximate surface area is 103 Å². The van der Waals surface area contributed by atoms with Crippen LogP contribution in [-0.4, -0.2) is 35.7 Å². The van der Waals surface area contributed by atoms with Crippen LogP contribution in [0.15, 0.2) is 11.7 Å². The molecule has 0 bridgehead atoms. The molecule has 17 heavy (non-hydrogen) atoms. The van der Waals surface area contributed by atoms with E-state index in [0.29, 0.717) is 10.8 Å². The molecule has 1 amide bonds. The number of hydrogen-bond acceptors (Lipinski definition) is 5. The van der Waals surface area contributed by atoms with Gasteiger partial charge in [0, 0.05) is 18.6 Å². The Morgan fingerprint density at radius 3 is 3.29 bits per heavy atom. The molecule has 3 rings (SSSR count). The molecule has 2 heterocycles. The van der Waals surface area contributed by atoms with Crippen LogP contribution >= 0.6 is 11.3 Å². The van der Waals surface area contributed by atoms with Crippen molar-refractivity contribution in [2.75, 3.05) is 6.61 Å². The SMILES string of the molecule is NC1C2CCCOC2C1NC(=O)c1cncs1. The molecule has 1 aliphatic carbocycles. The van der Waals surface area contributed by atoms with E-state index in [0.717, 1.165) is 19.4 Å². The van der Waals surface area contributed by atoms with Crippen LogP contribution in [0.4, 0.5) is 0 Å². The summed E-state index contributed by atoms with van der Waals surface area (Å²) in [6.45, 7) is 0.779. The lowest BCUT2D eigenvalue weighted by Gasteiger charge is -2.52. The number of amides is 1. The first-order chi connectivity index (χ1) is 8.27. The maximum Gasteiger partial charge on any atom is 0.263 e. The van der Waals surface area contributed by atoms with Crippen molar-refractivity contribution in [2.24, 2.45) is 11.7 Å². The summed E-state index contributed by atoms with van der Waals surface area (Å²) in [6, 6.07) is -0.0212. The number of ether oxygens (including phenoxy) is 1.